The first kappa shape index (κ1) is 16.6. The highest BCUT2D eigenvalue weighted by Gasteiger charge is 2.11. The molecular weight excluding hydrogens is 344 g/mol. The number of aryl methyl sites for hydroxylation is 1. The van der Waals surface area contributed by atoms with Crippen LogP contribution in [0.4, 0.5) is 5.69 Å². The van der Waals surface area contributed by atoms with Crippen LogP contribution in [-0.2, 0) is 0 Å². The molecular formula is C20H16N4O3. The Bertz CT molecular complexity index is 1120. The molecule has 0 fully saturated rings. The first-order chi connectivity index (χ1) is 13.1. The first-order valence-corrected chi connectivity index (χ1v) is 8.27. The van der Waals surface area contributed by atoms with E-state index in [4.69, 9.17) is 4.74 Å². The van der Waals surface area contributed by atoms with Crippen molar-refractivity contribution in [1.82, 2.24) is 15.0 Å². The number of ether oxygens (including phenoxy) is 1. The summed E-state index contributed by atoms with van der Waals surface area (Å²) in [6.07, 6.45) is 3.19. The highest BCUT2D eigenvalue weighted by Crippen LogP contribution is 2.27. The molecule has 0 radical (unpaired) electrons. The molecule has 0 saturated carbocycles. The van der Waals surface area contributed by atoms with E-state index in [9.17, 15) is 9.90 Å². The van der Waals surface area contributed by atoms with Crippen LogP contribution in [0.15, 0.2) is 60.9 Å². The lowest BCUT2D eigenvalue weighted by Crippen LogP contribution is -2.11. The first-order valence-electron chi connectivity index (χ1n) is 8.27. The van der Waals surface area contributed by atoms with Crippen molar-refractivity contribution in [2.45, 2.75) is 6.92 Å². The lowest BCUT2D eigenvalue weighted by atomic mass is 10.1. The SMILES string of the molecule is Cc1ccc(NC(=O)c2ccc3cc(O)[nH]c3c2)cc1Oc1ncccn1. The van der Waals surface area contributed by atoms with Crippen LogP contribution < -0.4 is 10.1 Å². The van der Waals surface area contributed by atoms with E-state index in [-0.39, 0.29) is 17.8 Å². The highest BCUT2D eigenvalue weighted by molar-refractivity contribution is 6.06. The molecule has 134 valence electrons. The minimum Gasteiger partial charge on any atom is -0.495 e. The molecule has 0 aliphatic rings. The van der Waals surface area contributed by atoms with Gasteiger partial charge in [0.25, 0.3) is 5.91 Å². The fourth-order valence-electron chi connectivity index (χ4n) is 2.68. The van der Waals surface area contributed by atoms with Crippen molar-refractivity contribution in [3.63, 3.8) is 0 Å². The van der Waals surface area contributed by atoms with Gasteiger partial charge in [-0.2, -0.15) is 0 Å². The maximum Gasteiger partial charge on any atom is 0.321 e. The maximum atomic E-state index is 12.6. The summed E-state index contributed by atoms with van der Waals surface area (Å²) in [5.74, 6) is 0.353. The number of benzene rings is 2. The van der Waals surface area contributed by atoms with Gasteiger partial charge in [-0.15, -0.1) is 0 Å². The number of anilines is 1. The van der Waals surface area contributed by atoms with Gasteiger partial charge in [0, 0.05) is 46.7 Å². The fourth-order valence-corrected chi connectivity index (χ4v) is 2.68. The Morgan fingerprint density at radius 3 is 2.74 bits per heavy atom. The summed E-state index contributed by atoms with van der Waals surface area (Å²) in [6, 6.07) is 14.1. The van der Waals surface area contributed by atoms with Crippen LogP contribution in [-0.4, -0.2) is 26.0 Å². The Kier molecular flexibility index (Phi) is 4.18. The quantitative estimate of drug-likeness (QED) is 0.510. The standard InChI is InChI=1S/C20H16N4O3/c1-12-3-6-15(11-17(12)27-20-21-7-2-8-22-20)23-19(26)14-5-4-13-10-18(25)24-16(13)9-14/h2-11,24-25H,1H3,(H,23,26). The van der Waals surface area contributed by atoms with E-state index in [1.807, 2.05) is 13.0 Å². The third kappa shape index (κ3) is 3.57. The monoisotopic (exact) mass is 360 g/mol. The lowest BCUT2D eigenvalue weighted by molar-refractivity contribution is 0.102. The van der Waals surface area contributed by atoms with Gasteiger partial charge in [0.1, 0.15) is 5.75 Å². The van der Waals surface area contributed by atoms with Crippen LogP contribution in [0.3, 0.4) is 0 Å². The second-order valence-corrected chi connectivity index (χ2v) is 6.02. The fraction of sp³-hybridized carbons (Fsp3) is 0.0500. The van der Waals surface area contributed by atoms with Crippen LogP contribution in [0.2, 0.25) is 0 Å². The number of carbonyl (C=O) groups excluding carboxylic acids is 1. The van der Waals surface area contributed by atoms with Gasteiger partial charge < -0.3 is 20.1 Å². The second kappa shape index (κ2) is 6.80. The van der Waals surface area contributed by atoms with E-state index >= 15 is 0 Å². The second-order valence-electron chi connectivity index (χ2n) is 6.02. The van der Waals surface area contributed by atoms with Gasteiger partial charge in [0.2, 0.25) is 0 Å². The molecule has 7 heteroatoms. The predicted octanol–water partition coefficient (Wildman–Crippen LogP) is 4.02. The summed E-state index contributed by atoms with van der Waals surface area (Å²) in [5.41, 5.74) is 2.64. The van der Waals surface area contributed by atoms with Crippen molar-refractivity contribution in [1.29, 1.82) is 0 Å². The molecule has 7 nitrogen and oxygen atoms in total. The minimum atomic E-state index is -0.267. The normalized spacial score (nSPS) is 10.7. The molecule has 0 aliphatic heterocycles. The summed E-state index contributed by atoms with van der Waals surface area (Å²) in [5, 5.41) is 13.2. The third-order valence-electron chi connectivity index (χ3n) is 4.06. The minimum absolute atomic E-state index is 0.0611. The molecule has 0 aliphatic carbocycles. The molecule has 4 aromatic rings. The maximum absolute atomic E-state index is 12.6. The summed E-state index contributed by atoms with van der Waals surface area (Å²) < 4.78 is 5.69. The summed E-state index contributed by atoms with van der Waals surface area (Å²) in [7, 11) is 0. The number of rotatable bonds is 4. The number of amides is 1. The van der Waals surface area contributed by atoms with E-state index in [1.165, 1.54) is 0 Å². The van der Waals surface area contributed by atoms with Crippen molar-refractivity contribution in [3.8, 4) is 17.6 Å². The van der Waals surface area contributed by atoms with Crippen LogP contribution >= 0.6 is 0 Å². The number of nitrogens with zero attached hydrogens (tertiary/aromatic N) is 2. The van der Waals surface area contributed by atoms with Crippen molar-refractivity contribution < 1.29 is 14.6 Å². The van der Waals surface area contributed by atoms with E-state index in [0.29, 0.717) is 22.5 Å². The molecule has 0 spiro atoms. The van der Waals surface area contributed by atoms with Gasteiger partial charge in [0.15, 0.2) is 5.88 Å². The van der Waals surface area contributed by atoms with Crippen molar-refractivity contribution >= 4 is 22.5 Å². The highest BCUT2D eigenvalue weighted by atomic mass is 16.5. The smallest absolute Gasteiger partial charge is 0.321 e. The molecule has 2 aromatic carbocycles. The van der Waals surface area contributed by atoms with Crippen LogP contribution in [0.5, 0.6) is 17.6 Å². The number of nitrogens with one attached hydrogen (secondary N) is 2. The Morgan fingerprint density at radius 1 is 1.11 bits per heavy atom. The summed E-state index contributed by atoms with van der Waals surface area (Å²) in [4.78, 5) is 23.4. The topological polar surface area (TPSA) is 100 Å². The summed E-state index contributed by atoms with van der Waals surface area (Å²) >= 11 is 0. The van der Waals surface area contributed by atoms with Gasteiger partial charge in [0.05, 0.1) is 0 Å². The third-order valence-corrected chi connectivity index (χ3v) is 4.06. The number of fused-ring (bicyclic) bond motifs is 1. The molecule has 2 aromatic heterocycles. The summed E-state index contributed by atoms with van der Waals surface area (Å²) in [6.45, 7) is 1.90. The van der Waals surface area contributed by atoms with Crippen LogP contribution in [0.25, 0.3) is 10.9 Å². The van der Waals surface area contributed by atoms with Crippen molar-refractivity contribution in [3.05, 3.63) is 72.1 Å². The van der Waals surface area contributed by atoms with Crippen LogP contribution in [0, 0.1) is 6.92 Å². The molecule has 3 N–H and O–H groups in total. The van der Waals surface area contributed by atoms with Gasteiger partial charge in [-0.3, -0.25) is 4.79 Å². The van der Waals surface area contributed by atoms with E-state index in [1.54, 1.807) is 54.9 Å². The zero-order valence-electron chi connectivity index (χ0n) is 14.4. The van der Waals surface area contributed by atoms with E-state index in [0.717, 1.165) is 10.9 Å². The molecule has 0 saturated heterocycles. The number of H-pyrrole nitrogens is 1. The van der Waals surface area contributed by atoms with Gasteiger partial charge in [-0.1, -0.05) is 12.1 Å². The molecule has 0 bridgehead atoms. The molecule has 1 amide bonds. The van der Waals surface area contributed by atoms with Gasteiger partial charge >= 0.3 is 6.01 Å². The Balaban J connectivity index is 1.56. The van der Waals surface area contributed by atoms with Gasteiger partial charge in [-0.05, 0) is 36.8 Å². The molecule has 4 rings (SSSR count). The molecule has 2 heterocycles. The van der Waals surface area contributed by atoms with E-state index < -0.39 is 0 Å². The Morgan fingerprint density at radius 2 is 1.93 bits per heavy atom. The van der Waals surface area contributed by atoms with Crippen molar-refractivity contribution in [2.75, 3.05) is 5.32 Å². The lowest BCUT2D eigenvalue weighted by Gasteiger charge is -2.10. The average Bonchev–Trinajstić information content (AvgIpc) is 3.04. The van der Waals surface area contributed by atoms with Crippen molar-refractivity contribution in [2.24, 2.45) is 0 Å². The largest absolute Gasteiger partial charge is 0.495 e. The molecule has 0 atom stereocenters. The number of carbonyl (C=O) groups is 1. The number of aromatic amines is 1. The predicted molar refractivity (Wildman–Crippen MR) is 101 cm³/mol. The number of hydrogen-bond donors (Lipinski definition) is 3. The number of hydrogen-bond acceptors (Lipinski definition) is 5. The number of aromatic nitrogens is 3. The van der Waals surface area contributed by atoms with Crippen LogP contribution in [0.1, 0.15) is 15.9 Å². The number of aromatic hydroxyl groups is 1. The molecule has 27 heavy (non-hydrogen) atoms. The van der Waals surface area contributed by atoms with Gasteiger partial charge in [-0.25, -0.2) is 9.97 Å². The zero-order chi connectivity index (χ0) is 18.8. The average molecular weight is 360 g/mol. The molecule has 0 unspecified atom stereocenters. The zero-order valence-corrected chi connectivity index (χ0v) is 14.4. The van der Waals surface area contributed by atoms with E-state index in [2.05, 4.69) is 20.3 Å². The Hall–Kier alpha value is -3.87. The Labute approximate surface area is 154 Å².